The van der Waals surface area contributed by atoms with Gasteiger partial charge in [0.05, 0.1) is 11.7 Å². The van der Waals surface area contributed by atoms with Crippen LogP contribution >= 0.6 is 0 Å². The number of carbonyl (C=O) groups excluding carboxylic acids is 1. The first-order valence-corrected chi connectivity index (χ1v) is 6.67. The summed E-state index contributed by atoms with van der Waals surface area (Å²) >= 11 is 0. The van der Waals surface area contributed by atoms with Crippen molar-refractivity contribution in [3.63, 3.8) is 0 Å². The van der Waals surface area contributed by atoms with Gasteiger partial charge in [0.25, 0.3) is 0 Å². The highest BCUT2D eigenvalue weighted by atomic mass is 32.2. The van der Waals surface area contributed by atoms with Gasteiger partial charge in [-0.3, -0.25) is 14.3 Å². The first-order valence-electron chi connectivity index (χ1n) is 4.94. The maximum Gasteiger partial charge on any atom is 0.244 e. The van der Waals surface area contributed by atoms with Gasteiger partial charge in [-0.05, 0) is 19.8 Å². The second-order valence-electron chi connectivity index (χ2n) is 4.18. The highest BCUT2D eigenvalue weighted by Gasteiger charge is 2.57. The standard InChI is InChI=1S/C9H16N2O2S/c1-7-10-9(3-4-9)8(12)11(7)5-6-14(2)13/h7,10H,3-6H2,1-2H3. The predicted molar refractivity (Wildman–Crippen MR) is 55.2 cm³/mol. The molecule has 2 unspecified atom stereocenters. The van der Waals surface area contributed by atoms with Gasteiger partial charge in [-0.25, -0.2) is 0 Å². The Labute approximate surface area is 86.5 Å². The minimum Gasteiger partial charge on any atom is -0.325 e. The fourth-order valence-electron chi connectivity index (χ4n) is 2.00. The van der Waals surface area contributed by atoms with E-state index in [0.717, 1.165) is 12.8 Å². The molecule has 2 atom stereocenters. The molecule has 0 aromatic rings. The second-order valence-corrected chi connectivity index (χ2v) is 5.73. The predicted octanol–water partition coefficient (Wildman–Crippen LogP) is -0.325. The van der Waals surface area contributed by atoms with E-state index in [4.69, 9.17) is 0 Å². The van der Waals surface area contributed by atoms with Crippen LogP contribution in [-0.4, -0.2) is 45.3 Å². The first kappa shape index (κ1) is 10.1. The number of carbonyl (C=O) groups is 1. The van der Waals surface area contributed by atoms with Gasteiger partial charge in [-0.2, -0.15) is 0 Å². The van der Waals surface area contributed by atoms with Crippen LogP contribution in [-0.2, 0) is 15.6 Å². The third kappa shape index (κ3) is 1.59. The molecule has 5 heteroatoms. The normalized spacial score (nSPS) is 31.1. The quantitative estimate of drug-likeness (QED) is 0.703. The maximum atomic E-state index is 11.9. The van der Waals surface area contributed by atoms with Gasteiger partial charge >= 0.3 is 0 Å². The zero-order chi connectivity index (χ0) is 10.3. The van der Waals surface area contributed by atoms with Gasteiger partial charge in [-0.15, -0.1) is 0 Å². The van der Waals surface area contributed by atoms with Crippen molar-refractivity contribution < 1.29 is 9.00 Å². The number of nitrogens with one attached hydrogen (secondary N) is 1. The van der Waals surface area contributed by atoms with E-state index in [9.17, 15) is 9.00 Å². The molecule has 1 aliphatic heterocycles. The van der Waals surface area contributed by atoms with Crippen LogP contribution < -0.4 is 5.32 Å². The molecule has 2 fully saturated rings. The van der Waals surface area contributed by atoms with Gasteiger partial charge in [0.15, 0.2) is 0 Å². The number of amides is 1. The van der Waals surface area contributed by atoms with Crippen LogP contribution in [0.1, 0.15) is 19.8 Å². The molecular formula is C9H16N2O2S. The zero-order valence-corrected chi connectivity index (χ0v) is 9.39. The molecule has 0 bridgehead atoms. The molecule has 1 aliphatic carbocycles. The van der Waals surface area contributed by atoms with Crippen LogP contribution in [0.5, 0.6) is 0 Å². The van der Waals surface area contributed by atoms with Crippen molar-refractivity contribution in [3.8, 4) is 0 Å². The Morgan fingerprint density at radius 1 is 1.64 bits per heavy atom. The molecule has 0 aromatic carbocycles. The lowest BCUT2D eigenvalue weighted by atomic mass is 10.3. The molecule has 1 N–H and O–H groups in total. The molecule has 1 saturated heterocycles. The molecule has 1 amide bonds. The highest BCUT2D eigenvalue weighted by Crippen LogP contribution is 2.41. The van der Waals surface area contributed by atoms with E-state index in [2.05, 4.69) is 5.32 Å². The molecule has 1 heterocycles. The SMILES string of the molecule is CC1NC2(CC2)C(=O)N1CCS(C)=O. The van der Waals surface area contributed by atoms with Gasteiger partial charge in [0.1, 0.15) is 0 Å². The summed E-state index contributed by atoms with van der Waals surface area (Å²) in [7, 11) is -0.818. The highest BCUT2D eigenvalue weighted by molar-refractivity contribution is 7.84. The number of rotatable bonds is 3. The molecule has 2 aliphatic rings. The Hall–Kier alpha value is -0.420. The van der Waals surface area contributed by atoms with Crippen molar-refractivity contribution in [1.82, 2.24) is 10.2 Å². The topological polar surface area (TPSA) is 49.4 Å². The Kier molecular flexibility index (Phi) is 2.39. The van der Waals surface area contributed by atoms with E-state index in [0.29, 0.717) is 12.3 Å². The largest absolute Gasteiger partial charge is 0.325 e. The zero-order valence-electron chi connectivity index (χ0n) is 8.58. The Morgan fingerprint density at radius 2 is 2.29 bits per heavy atom. The van der Waals surface area contributed by atoms with Crippen molar-refractivity contribution in [1.29, 1.82) is 0 Å². The Morgan fingerprint density at radius 3 is 2.71 bits per heavy atom. The third-order valence-corrected chi connectivity index (χ3v) is 3.75. The van der Waals surface area contributed by atoms with Crippen LogP contribution in [0.3, 0.4) is 0 Å². The number of hydrogen-bond donors (Lipinski definition) is 1. The fraction of sp³-hybridized carbons (Fsp3) is 0.889. The summed E-state index contributed by atoms with van der Waals surface area (Å²) in [6.07, 6.45) is 3.70. The van der Waals surface area contributed by atoms with E-state index in [1.807, 2.05) is 11.8 Å². The summed E-state index contributed by atoms with van der Waals surface area (Å²) in [6.45, 7) is 2.60. The Balaban J connectivity index is 1.98. The van der Waals surface area contributed by atoms with Crippen molar-refractivity contribution in [2.75, 3.05) is 18.6 Å². The molecule has 0 aromatic heterocycles. The van der Waals surface area contributed by atoms with Gasteiger partial charge in [-0.1, -0.05) is 0 Å². The van der Waals surface area contributed by atoms with Crippen molar-refractivity contribution in [2.24, 2.45) is 0 Å². The summed E-state index contributed by atoms with van der Waals surface area (Å²) in [5.41, 5.74) is -0.228. The Bertz CT molecular complexity index is 289. The summed E-state index contributed by atoms with van der Waals surface area (Å²) in [5.74, 6) is 0.781. The summed E-state index contributed by atoms with van der Waals surface area (Å²) in [5, 5.41) is 3.31. The summed E-state index contributed by atoms with van der Waals surface area (Å²) in [6, 6.07) is 0. The van der Waals surface area contributed by atoms with E-state index in [1.54, 1.807) is 6.26 Å². The van der Waals surface area contributed by atoms with Gasteiger partial charge < -0.3 is 4.90 Å². The smallest absolute Gasteiger partial charge is 0.244 e. The van der Waals surface area contributed by atoms with Crippen LogP contribution in [0.2, 0.25) is 0 Å². The van der Waals surface area contributed by atoms with Crippen LogP contribution in [0, 0.1) is 0 Å². The van der Waals surface area contributed by atoms with Crippen LogP contribution in [0.4, 0.5) is 0 Å². The molecule has 1 saturated carbocycles. The molecular weight excluding hydrogens is 200 g/mol. The second kappa shape index (κ2) is 3.31. The van der Waals surface area contributed by atoms with E-state index >= 15 is 0 Å². The average Bonchev–Trinajstić information content (AvgIpc) is 2.80. The average molecular weight is 216 g/mol. The van der Waals surface area contributed by atoms with E-state index in [-0.39, 0.29) is 17.6 Å². The third-order valence-electron chi connectivity index (χ3n) is 2.99. The lowest BCUT2D eigenvalue weighted by Crippen LogP contribution is -2.37. The van der Waals surface area contributed by atoms with Crippen LogP contribution in [0.15, 0.2) is 0 Å². The summed E-state index contributed by atoms with van der Waals surface area (Å²) < 4.78 is 10.9. The van der Waals surface area contributed by atoms with Gasteiger partial charge in [0.2, 0.25) is 5.91 Å². The molecule has 1 spiro atoms. The first-order chi connectivity index (χ1) is 6.55. The molecule has 2 rings (SSSR count). The molecule has 0 radical (unpaired) electrons. The van der Waals surface area contributed by atoms with Crippen molar-refractivity contribution >= 4 is 16.7 Å². The maximum absolute atomic E-state index is 11.9. The van der Waals surface area contributed by atoms with E-state index < -0.39 is 10.8 Å². The summed E-state index contributed by atoms with van der Waals surface area (Å²) in [4.78, 5) is 13.7. The minimum absolute atomic E-state index is 0.105. The van der Waals surface area contributed by atoms with Crippen molar-refractivity contribution in [3.05, 3.63) is 0 Å². The lowest BCUT2D eigenvalue weighted by Gasteiger charge is -2.19. The molecule has 4 nitrogen and oxygen atoms in total. The molecule has 14 heavy (non-hydrogen) atoms. The van der Waals surface area contributed by atoms with E-state index in [1.165, 1.54) is 0 Å². The number of hydrogen-bond acceptors (Lipinski definition) is 3. The van der Waals surface area contributed by atoms with Crippen molar-refractivity contribution in [2.45, 2.75) is 31.5 Å². The monoisotopic (exact) mass is 216 g/mol. The number of nitrogens with zero attached hydrogens (tertiary/aromatic N) is 1. The lowest BCUT2D eigenvalue weighted by molar-refractivity contribution is -0.130. The fourth-order valence-corrected chi connectivity index (χ4v) is 2.45. The van der Waals surface area contributed by atoms with Crippen LogP contribution in [0.25, 0.3) is 0 Å². The van der Waals surface area contributed by atoms with Gasteiger partial charge in [0, 0.05) is 29.4 Å². The molecule has 80 valence electrons. The minimum atomic E-state index is -0.818.